The molecule has 2 rings (SSSR count). The molecule has 2 fully saturated rings. The Hall–Kier alpha value is -1.72. The molecular formula is C17H28N2O4. The van der Waals surface area contributed by atoms with Gasteiger partial charge in [0.15, 0.2) is 0 Å². The van der Waals surface area contributed by atoms with Crippen molar-refractivity contribution in [3.63, 3.8) is 0 Å². The summed E-state index contributed by atoms with van der Waals surface area (Å²) in [4.78, 5) is 25.4. The minimum Gasteiger partial charge on any atom is -0.453 e. The van der Waals surface area contributed by atoms with Gasteiger partial charge < -0.3 is 19.7 Å². The minimum atomic E-state index is -0.380. The van der Waals surface area contributed by atoms with E-state index in [1.54, 1.807) is 4.90 Å². The van der Waals surface area contributed by atoms with E-state index in [2.05, 4.69) is 11.9 Å². The molecule has 4 atom stereocenters. The molecule has 0 radical (unpaired) electrons. The van der Waals surface area contributed by atoms with Crippen molar-refractivity contribution in [1.82, 2.24) is 10.2 Å². The number of allylic oxidation sites excluding steroid dienone is 1. The first-order valence-electron chi connectivity index (χ1n) is 8.47. The number of likely N-dealkylation sites (tertiary alicyclic amines) is 1. The van der Waals surface area contributed by atoms with E-state index in [1.165, 1.54) is 13.5 Å². The second-order valence-corrected chi connectivity index (χ2v) is 6.56. The Labute approximate surface area is 138 Å². The lowest BCUT2D eigenvalue weighted by Crippen LogP contribution is -2.41. The van der Waals surface area contributed by atoms with Crippen LogP contribution < -0.4 is 5.32 Å². The van der Waals surface area contributed by atoms with E-state index < -0.39 is 0 Å². The molecule has 6 nitrogen and oxygen atoms in total. The van der Waals surface area contributed by atoms with E-state index in [0.29, 0.717) is 18.9 Å². The van der Waals surface area contributed by atoms with E-state index in [-0.39, 0.29) is 30.4 Å². The lowest BCUT2D eigenvalue weighted by atomic mass is 9.84. The topological polar surface area (TPSA) is 67.9 Å². The summed E-state index contributed by atoms with van der Waals surface area (Å²) in [6.45, 7) is 6.20. The summed E-state index contributed by atoms with van der Waals surface area (Å²) in [5, 5.41) is 2.89. The monoisotopic (exact) mass is 324 g/mol. The molecule has 2 amide bonds. The number of rotatable bonds is 4. The first-order chi connectivity index (χ1) is 11.0. The van der Waals surface area contributed by atoms with Gasteiger partial charge in [0.1, 0.15) is 6.10 Å². The molecule has 6 heteroatoms. The molecule has 1 heterocycles. The number of methoxy groups -OCH3 is 1. The van der Waals surface area contributed by atoms with Gasteiger partial charge >= 0.3 is 12.2 Å². The van der Waals surface area contributed by atoms with Crippen molar-refractivity contribution in [2.75, 3.05) is 13.7 Å². The fraction of sp³-hybridized carbons (Fsp3) is 0.765. The van der Waals surface area contributed by atoms with E-state index >= 15 is 0 Å². The highest BCUT2D eigenvalue weighted by Gasteiger charge is 2.35. The zero-order valence-electron chi connectivity index (χ0n) is 14.1. The molecule has 1 saturated carbocycles. The van der Waals surface area contributed by atoms with Crippen LogP contribution in [0, 0.1) is 5.92 Å². The molecule has 1 aliphatic carbocycles. The highest BCUT2D eigenvalue weighted by atomic mass is 16.6. The van der Waals surface area contributed by atoms with Crippen molar-refractivity contribution in [3.8, 4) is 0 Å². The average Bonchev–Trinajstić information content (AvgIpc) is 2.89. The van der Waals surface area contributed by atoms with Gasteiger partial charge in [-0.05, 0) is 44.9 Å². The van der Waals surface area contributed by atoms with E-state index in [1.807, 2.05) is 13.0 Å². The van der Waals surface area contributed by atoms with E-state index in [4.69, 9.17) is 9.47 Å². The van der Waals surface area contributed by atoms with Gasteiger partial charge in [-0.15, -0.1) is 6.58 Å². The lowest BCUT2D eigenvalue weighted by Gasteiger charge is -2.30. The highest BCUT2D eigenvalue weighted by molar-refractivity contribution is 5.70. The van der Waals surface area contributed by atoms with Crippen molar-refractivity contribution >= 4 is 12.2 Å². The van der Waals surface area contributed by atoms with Crippen LogP contribution in [0.25, 0.3) is 0 Å². The van der Waals surface area contributed by atoms with Gasteiger partial charge in [-0.2, -0.15) is 0 Å². The minimum absolute atomic E-state index is 0.0303. The van der Waals surface area contributed by atoms with Crippen LogP contribution in [0.4, 0.5) is 9.59 Å². The van der Waals surface area contributed by atoms with Crippen LogP contribution >= 0.6 is 0 Å². The van der Waals surface area contributed by atoms with Crippen molar-refractivity contribution < 1.29 is 19.1 Å². The third kappa shape index (κ3) is 4.62. The fourth-order valence-corrected chi connectivity index (χ4v) is 3.66. The molecule has 0 aromatic heterocycles. The van der Waals surface area contributed by atoms with Gasteiger partial charge in [-0.3, -0.25) is 0 Å². The Bertz CT molecular complexity index is 440. The fourth-order valence-electron chi connectivity index (χ4n) is 3.66. The molecule has 0 bridgehead atoms. The maximum Gasteiger partial charge on any atom is 0.409 e. The molecule has 0 aromatic rings. The molecule has 0 aromatic carbocycles. The molecule has 1 N–H and O–H groups in total. The van der Waals surface area contributed by atoms with Crippen molar-refractivity contribution in [3.05, 3.63) is 12.7 Å². The Morgan fingerprint density at radius 1 is 1.35 bits per heavy atom. The second kappa shape index (κ2) is 8.22. The number of nitrogens with one attached hydrogen (secondary N) is 1. The predicted octanol–water partition coefficient (Wildman–Crippen LogP) is 3.08. The normalized spacial score (nSPS) is 30.6. The number of hydrogen-bond acceptors (Lipinski definition) is 4. The maximum atomic E-state index is 12.2. The van der Waals surface area contributed by atoms with Crippen LogP contribution in [0.3, 0.4) is 0 Å². The van der Waals surface area contributed by atoms with E-state index in [9.17, 15) is 9.59 Å². The molecule has 130 valence electrons. The van der Waals surface area contributed by atoms with Crippen LogP contribution in [0.2, 0.25) is 0 Å². The van der Waals surface area contributed by atoms with Gasteiger partial charge in [-0.1, -0.05) is 12.5 Å². The quantitative estimate of drug-likeness (QED) is 0.807. The Morgan fingerprint density at radius 3 is 2.78 bits per heavy atom. The maximum absolute atomic E-state index is 12.2. The van der Waals surface area contributed by atoms with Crippen LogP contribution in [0.1, 0.15) is 45.4 Å². The average molecular weight is 324 g/mol. The summed E-state index contributed by atoms with van der Waals surface area (Å²) in [5.74, 6) is 0.376. The molecule has 0 spiro atoms. The van der Waals surface area contributed by atoms with Gasteiger partial charge in [0.05, 0.1) is 13.2 Å². The Morgan fingerprint density at radius 2 is 2.09 bits per heavy atom. The first-order valence-corrected chi connectivity index (χ1v) is 8.47. The van der Waals surface area contributed by atoms with Gasteiger partial charge in [0.25, 0.3) is 0 Å². The van der Waals surface area contributed by atoms with Gasteiger partial charge in [-0.25, -0.2) is 9.59 Å². The van der Waals surface area contributed by atoms with Crippen LogP contribution in [-0.2, 0) is 9.47 Å². The number of amides is 2. The summed E-state index contributed by atoms with van der Waals surface area (Å²) in [7, 11) is 1.37. The number of carbonyl (C=O) groups is 2. The van der Waals surface area contributed by atoms with Crippen molar-refractivity contribution in [2.45, 2.75) is 63.6 Å². The van der Waals surface area contributed by atoms with Crippen molar-refractivity contribution in [1.29, 1.82) is 0 Å². The van der Waals surface area contributed by atoms with Crippen molar-refractivity contribution in [2.24, 2.45) is 5.92 Å². The number of carbonyl (C=O) groups excluding carboxylic acids is 2. The summed E-state index contributed by atoms with van der Waals surface area (Å²) in [5.41, 5.74) is 0. The van der Waals surface area contributed by atoms with Crippen LogP contribution in [0.15, 0.2) is 12.7 Å². The molecule has 2 unspecified atom stereocenters. The lowest BCUT2D eigenvalue weighted by molar-refractivity contribution is 0.0366. The molecule has 1 saturated heterocycles. The summed E-state index contributed by atoms with van der Waals surface area (Å²) in [6.07, 6.45) is 7.02. The zero-order valence-corrected chi connectivity index (χ0v) is 14.1. The summed E-state index contributed by atoms with van der Waals surface area (Å²) >= 11 is 0. The number of alkyl carbamates (subject to hydrolysis) is 1. The Balaban J connectivity index is 1.82. The standard InChI is InChI=1S/C17H28N2O4/c1-4-7-13-8-5-6-9-15(13)23-16(20)18-14-10-12(2)19(11-14)17(21)22-3/h4,12-15H,1,5-11H2,2-3H3,(H,18,20)/t12-,13?,14-,15?/m1/s1. The third-order valence-corrected chi connectivity index (χ3v) is 4.87. The van der Waals surface area contributed by atoms with Crippen LogP contribution in [0.5, 0.6) is 0 Å². The predicted molar refractivity (Wildman–Crippen MR) is 87.2 cm³/mol. The molecular weight excluding hydrogens is 296 g/mol. The van der Waals surface area contributed by atoms with E-state index in [0.717, 1.165) is 25.7 Å². The van der Waals surface area contributed by atoms with Crippen LogP contribution in [-0.4, -0.2) is 48.9 Å². The number of hydrogen-bond donors (Lipinski definition) is 1. The molecule has 23 heavy (non-hydrogen) atoms. The largest absolute Gasteiger partial charge is 0.453 e. The summed E-state index contributed by atoms with van der Waals surface area (Å²) in [6, 6.07) is -0.0333. The number of nitrogens with zero attached hydrogens (tertiary/aromatic N) is 1. The number of ether oxygens (including phenoxy) is 2. The van der Waals surface area contributed by atoms with Gasteiger partial charge in [0, 0.05) is 12.6 Å². The smallest absolute Gasteiger partial charge is 0.409 e. The SMILES string of the molecule is C=CCC1CCCCC1OC(=O)N[C@@H]1C[C@@H](C)N(C(=O)OC)C1. The third-order valence-electron chi connectivity index (χ3n) is 4.87. The first kappa shape index (κ1) is 17.6. The van der Waals surface area contributed by atoms with Gasteiger partial charge in [0.2, 0.25) is 0 Å². The second-order valence-electron chi connectivity index (χ2n) is 6.56. The molecule has 1 aliphatic heterocycles. The molecule has 2 aliphatic rings. The Kier molecular flexibility index (Phi) is 6.30. The highest BCUT2D eigenvalue weighted by Crippen LogP contribution is 2.29. The zero-order chi connectivity index (χ0) is 16.8. The summed E-state index contributed by atoms with van der Waals surface area (Å²) < 4.78 is 10.4.